The molecule has 2 amide bonds. The predicted octanol–water partition coefficient (Wildman–Crippen LogP) is 3.65. The quantitative estimate of drug-likeness (QED) is 0.522. The van der Waals surface area contributed by atoms with E-state index in [1.807, 2.05) is 13.8 Å². The Labute approximate surface area is 185 Å². The Morgan fingerprint density at radius 2 is 2.03 bits per heavy atom. The number of terminal acetylenes is 1. The first-order chi connectivity index (χ1) is 14.7. The van der Waals surface area contributed by atoms with Crippen molar-refractivity contribution < 1.29 is 14.3 Å². The average Bonchev–Trinajstić information content (AvgIpc) is 3.27. The standard InChI is InChI=1S/C22H25N5O3S/c1-6-22(4,5)26-12-17(30-19(28)16-11-23-10-13(2)14(16)3)27(21(26)29)20-25-24-18(31-20)15-8-7-9-15/h1,10-11,15,17H,7-9,12H2,2-5H3. The predicted molar refractivity (Wildman–Crippen MR) is 117 cm³/mol. The van der Waals surface area contributed by atoms with Gasteiger partial charge in [-0.15, -0.1) is 16.6 Å². The van der Waals surface area contributed by atoms with Crippen molar-refractivity contribution in [2.75, 3.05) is 11.4 Å². The van der Waals surface area contributed by atoms with Gasteiger partial charge in [0.1, 0.15) is 10.5 Å². The van der Waals surface area contributed by atoms with Gasteiger partial charge in [-0.1, -0.05) is 23.7 Å². The fourth-order valence-corrected chi connectivity index (χ4v) is 4.62. The summed E-state index contributed by atoms with van der Waals surface area (Å²) in [5.41, 5.74) is 1.20. The first-order valence-corrected chi connectivity index (χ1v) is 11.1. The van der Waals surface area contributed by atoms with E-state index in [0.717, 1.165) is 29.0 Å². The number of urea groups is 1. The molecule has 2 fully saturated rings. The van der Waals surface area contributed by atoms with E-state index in [4.69, 9.17) is 11.2 Å². The van der Waals surface area contributed by atoms with Gasteiger partial charge in [0.05, 0.1) is 12.1 Å². The van der Waals surface area contributed by atoms with Crippen LogP contribution in [-0.4, -0.2) is 50.4 Å². The molecule has 8 nitrogen and oxygen atoms in total. The number of aryl methyl sites for hydroxylation is 1. The highest BCUT2D eigenvalue weighted by atomic mass is 32.1. The summed E-state index contributed by atoms with van der Waals surface area (Å²) in [5.74, 6) is 2.50. The number of anilines is 1. The second-order valence-corrected chi connectivity index (χ2v) is 9.49. The molecule has 1 aliphatic heterocycles. The number of carbonyl (C=O) groups is 2. The Hall–Kier alpha value is -2.99. The van der Waals surface area contributed by atoms with Crippen LogP contribution in [0.2, 0.25) is 0 Å². The van der Waals surface area contributed by atoms with Crippen molar-refractivity contribution in [2.45, 2.75) is 64.6 Å². The van der Waals surface area contributed by atoms with Gasteiger partial charge in [0.25, 0.3) is 0 Å². The molecule has 1 saturated carbocycles. The monoisotopic (exact) mass is 439 g/mol. The zero-order chi connectivity index (χ0) is 22.3. The molecule has 2 aromatic heterocycles. The molecular formula is C22H25N5O3S. The molecule has 3 heterocycles. The van der Waals surface area contributed by atoms with E-state index in [9.17, 15) is 9.59 Å². The highest BCUT2D eigenvalue weighted by Crippen LogP contribution is 2.41. The molecule has 1 atom stereocenters. The van der Waals surface area contributed by atoms with E-state index in [0.29, 0.717) is 16.6 Å². The van der Waals surface area contributed by atoms with Gasteiger partial charge in [0, 0.05) is 18.3 Å². The second kappa shape index (κ2) is 7.93. The molecule has 0 bridgehead atoms. The van der Waals surface area contributed by atoms with E-state index in [1.165, 1.54) is 33.8 Å². The largest absolute Gasteiger partial charge is 0.435 e. The van der Waals surface area contributed by atoms with Crippen LogP contribution in [0.5, 0.6) is 0 Å². The van der Waals surface area contributed by atoms with Gasteiger partial charge in [-0.25, -0.2) is 14.5 Å². The van der Waals surface area contributed by atoms with Crippen molar-refractivity contribution in [3.05, 3.63) is 34.1 Å². The minimum atomic E-state index is -0.866. The Bertz CT molecular complexity index is 1070. The number of rotatable bonds is 5. The first kappa shape index (κ1) is 21.2. The number of nitrogens with zero attached hydrogens (tertiary/aromatic N) is 5. The summed E-state index contributed by atoms with van der Waals surface area (Å²) in [6, 6.07) is -0.351. The van der Waals surface area contributed by atoms with Crippen LogP contribution in [0.1, 0.15) is 65.5 Å². The lowest BCUT2D eigenvalue weighted by Gasteiger charge is -2.29. The Morgan fingerprint density at radius 1 is 1.29 bits per heavy atom. The average molecular weight is 440 g/mol. The Balaban J connectivity index is 1.65. The lowest BCUT2D eigenvalue weighted by atomic mass is 9.86. The van der Waals surface area contributed by atoms with Crippen molar-refractivity contribution in [1.29, 1.82) is 0 Å². The van der Waals surface area contributed by atoms with Gasteiger partial charge < -0.3 is 9.64 Å². The maximum atomic E-state index is 13.3. The summed E-state index contributed by atoms with van der Waals surface area (Å²) in [6.45, 7) is 7.42. The van der Waals surface area contributed by atoms with Crippen molar-refractivity contribution in [3.63, 3.8) is 0 Å². The number of hydrogen-bond donors (Lipinski definition) is 0. The summed E-state index contributed by atoms with van der Waals surface area (Å²) < 4.78 is 5.81. The molecule has 0 N–H and O–H groups in total. The molecule has 31 heavy (non-hydrogen) atoms. The highest BCUT2D eigenvalue weighted by Gasteiger charge is 2.47. The number of hydrogen-bond acceptors (Lipinski definition) is 7. The third-order valence-electron chi connectivity index (χ3n) is 6.11. The molecule has 0 spiro atoms. The van der Waals surface area contributed by atoms with Crippen molar-refractivity contribution in [2.24, 2.45) is 0 Å². The number of esters is 1. The normalized spacial score (nSPS) is 19.3. The summed E-state index contributed by atoms with van der Waals surface area (Å²) in [5, 5.41) is 9.86. The number of ether oxygens (including phenoxy) is 1. The van der Waals surface area contributed by atoms with E-state index < -0.39 is 17.7 Å². The van der Waals surface area contributed by atoms with Crippen LogP contribution in [0.4, 0.5) is 9.93 Å². The Morgan fingerprint density at radius 3 is 2.68 bits per heavy atom. The third kappa shape index (κ3) is 3.76. The zero-order valence-electron chi connectivity index (χ0n) is 18.1. The first-order valence-electron chi connectivity index (χ1n) is 10.3. The number of amides is 2. The molecule has 1 saturated heterocycles. The summed E-state index contributed by atoms with van der Waals surface area (Å²) in [6.07, 6.45) is 11.3. The van der Waals surface area contributed by atoms with Gasteiger partial charge in [-0.05, 0) is 51.7 Å². The van der Waals surface area contributed by atoms with Crippen LogP contribution in [0.15, 0.2) is 12.4 Å². The lowest BCUT2D eigenvalue weighted by molar-refractivity contribution is 0.0306. The van der Waals surface area contributed by atoms with E-state index in [-0.39, 0.29) is 12.6 Å². The van der Waals surface area contributed by atoms with Crippen molar-refractivity contribution in [1.82, 2.24) is 20.1 Å². The minimum absolute atomic E-state index is 0.137. The molecule has 0 aromatic carbocycles. The van der Waals surface area contributed by atoms with Gasteiger partial charge in [-0.3, -0.25) is 4.98 Å². The van der Waals surface area contributed by atoms with Crippen LogP contribution in [-0.2, 0) is 4.74 Å². The molecule has 9 heteroatoms. The molecule has 2 aromatic rings. The van der Waals surface area contributed by atoms with E-state index in [1.54, 1.807) is 20.0 Å². The van der Waals surface area contributed by atoms with Crippen molar-refractivity contribution in [3.8, 4) is 12.3 Å². The van der Waals surface area contributed by atoms with Gasteiger partial charge in [0.2, 0.25) is 11.4 Å². The molecule has 1 aliphatic carbocycles. The van der Waals surface area contributed by atoms with E-state index >= 15 is 0 Å². The fraction of sp³-hybridized carbons (Fsp3) is 0.500. The second-order valence-electron chi connectivity index (χ2n) is 8.51. The molecular weight excluding hydrogens is 414 g/mol. The van der Waals surface area contributed by atoms with Gasteiger partial charge >= 0.3 is 12.0 Å². The lowest BCUT2D eigenvalue weighted by Crippen LogP contribution is -2.45. The summed E-state index contributed by atoms with van der Waals surface area (Å²) >= 11 is 1.37. The van der Waals surface area contributed by atoms with Crippen LogP contribution in [0, 0.1) is 26.2 Å². The minimum Gasteiger partial charge on any atom is -0.435 e. The van der Waals surface area contributed by atoms with Crippen LogP contribution in [0.3, 0.4) is 0 Å². The molecule has 162 valence electrons. The van der Waals surface area contributed by atoms with Gasteiger partial charge in [0.15, 0.2) is 0 Å². The molecule has 2 aliphatic rings. The molecule has 4 rings (SSSR count). The molecule has 1 unspecified atom stereocenters. The van der Waals surface area contributed by atoms with Gasteiger partial charge in [-0.2, -0.15) is 0 Å². The fourth-order valence-electron chi connectivity index (χ4n) is 3.58. The Kier molecular flexibility index (Phi) is 5.43. The summed E-state index contributed by atoms with van der Waals surface area (Å²) in [4.78, 5) is 33.3. The number of pyridine rings is 1. The number of carbonyl (C=O) groups excluding carboxylic acids is 2. The van der Waals surface area contributed by atoms with Crippen LogP contribution in [0.25, 0.3) is 0 Å². The maximum Gasteiger partial charge on any atom is 0.341 e. The SMILES string of the molecule is C#CC(C)(C)N1CC(OC(=O)c2cncc(C)c2C)N(c2nnc(C3CCC3)s2)C1=O. The van der Waals surface area contributed by atoms with E-state index in [2.05, 4.69) is 21.1 Å². The zero-order valence-corrected chi connectivity index (χ0v) is 18.9. The summed E-state index contributed by atoms with van der Waals surface area (Å²) in [7, 11) is 0. The molecule has 0 radical (unpaired) electrons. The highest BCUT2D eigenvalue weighted by molar-refractivity contribution is 7.15. The van der Waals surface area contributed by atoms with Crippen LogP contribution < -0.4 is 4.90 Å². The van der Waals surface area contributed by atoms with Crippen molar-refractivity contribution >= 4 is 28.5 Å². The topological polar surface area (TPSA) is 88.5 Å². The number of aromatic nitrogens is 3. The smallest absolute Gasteiger partial charge is 0.341 e. The maximum absolute atomic E-state index is 13.3. The third-order valence-corrected chi connectivity index (χ3v) is 7.20. The van der Waals surface area contributed by atoms with Crippen LogP contribution >= 0.6 is 11.3 Å².